The maximum absolute atomic E-state index is 11.9. The van der Waals surface area contributed by atoms with Crippen molar-refractivity contribution in [3.63, 3.8) is 0 Å². The molecule has 0 aliphatic rings. The number of unbranched alkanes of at least 4 members (excludes halogenated alkanes) is 11. The number of ether oxygens (including phenoxy) is 3. The number of methoxy groups -OCH3 is 1. The summed E-state index contributed by atoms with van der Waals surface area (Å²) in [7, 11) is 1.60. The van der Waals surface area contributed by atoms with Crippen LogP contribution in [0.3, 0.4) is 0 Å². The van der Waals surface area contributed by atoms with Gasteiger partial charge in [0.25, 0.3) is 0 Å². The largest absolute Gasteiger partial charge is 0.497 e. The summed E-state index contributed by atoms with van der Waals surface area (Å²) in [6.07, 6.45) is 15.5. The predicted octanol–water partition coefficient (Wildman–Crippen LogP) is 7.02. The van der Waals surface area contributed by atoms with Crippen molar-refractivity contribution in [2.45, 2.75) is 103 Å². The zero-order valence-corrected chi connectivity index (χ0v) is 19.7. The standard InChI is InChI=1S/C26H42O5/c1-3-4-5-6-9-12-15-22-30-25(27)16-13-10-7-8-11-14-17-26(28)31-24-20-18-23(29-2)19-21-24/h18-21H,3-17,22H2,1-2H3. The van der Waals surface area contributed by atoms with Gasteiger partial charge < -0.3 is 14.2 Å². The van der Waals surface area contributed by atoms with Gasteiger partial charge in [-0.15, -0.1) is 0 Å². The second-order valence-electron chi connectivity index (χ2n) is 8.11. The number of benzene rings is 1. The highest BCUT2D eigenvalue weighted by Gasteiger charge is 2.06. The number of rotatable bonds is 19. The lowest BCUT2D eigenvalue weighted by Crippen LogP contribution is -2.07. The molecule has 0 saturated carbocycles. The summed E-state index contributed by atoms with van der Waals surface area (Å²) in [5, 5.41) is 0. The molecule has 0 saturated heterocycles. The van der Waals surface area contributed by atoms with Gasteiger partial charge >= 0.3 is 11.9 Å². The van der Waals surface area contributed by atoms with Crippen LogP contribution >= 0.6 is 0 Å². The van der Waals surface area contributed by atoms with Crippen molar-refractivity contribution in [1.29, 1.82) is 0 Å². The molecule has 1 rings (SSSR count). The first kappa shape index (κ1) is 27.0. The minimum absolute atomic E-state index is 0.0627. The van der Waals surface area contributed by atoms with Crippen molar-refractivity contribution in [1.82, 2.24) is 0 Å². The van der Waals surface area contributed by atoms with Crippen LogP contribution in [-0.4, -0.2) is 25.7 Å². The molecule has 0 fully saturated rings. The van der Waals surface area contributed by atoms with E-state index in [1.807, 2.05) is 0 Å². The van der Waals surface area contributed by atoms with Crippen LogP contribution in [0.2, 0.25) is 0 Å². The molecule has 0 aliphatic carbocycles. The third kappa shape index (κ3) is 15.4. The smallest absolute Gasteiger partial charge is 0.311 e. The summed E-state index contributed by atoms with van der Waals surface area (Å²) in [6.45, 7) is 2.79. The van der Waals surface area contributed by atoms with Crippen molar-refractivity contribution in [3.05, 3.63) is 24.3 Å². The van der Waals surface area contributed by atoms with E-state index in [4.69, 9.17) is 14.2 Å². The van der Waals surface area contributed by atoms with Gasteiger partial charge in [0, 0.05) is 12.8 Å². The van der Waals surface area contributed by atoms with E-state index in [1.165, 1.54) is 32.1 Å². The normalized spacial score (nSPS) is 10.6. The molecule has 0 unspecified atom stereocenters. The lowest BCUT2D eigenvalue weighted by molar-refractivity contribution is -0.144. The molecule has 0 bridgehead atoms. The molecule has 5 heteroatoms. The van der Waals surface area contributed by atoms with E-state index < -0.39 is 0 Å². The molecule has 0 amide bonds. The van der Waals surface area contributed by atoms with Gasteiger partial charge in [-0.05, 0) is 43.5 Å². The summed E-state index contributed by atoms with van der Waals surface area (Å²) in [5.74, 6) is 1.02. The lowest BCUT2D eigenvalue weighted by Gasteiger charge is -2.06. The van der Waals surface area contributed by atoms with Crippen LogP contribution in [0.4, 0.5) is 0 Å². The molecule has 0 N–H and O–H groups in total. The van der Waals surface area contributed by atoms with Crippen LogP contribution in [0.15, 0.2) is 24.3 Å². The quantitative estimate of drug-likeness (QED) is 0.133. The maximum atomic E-state index is 11.9. The number of hydrogen-bond donors (Lipinski definition) is 0. The molecular weight excluding hydrogens is 392 g/mol. The number of esters is 2. The summed E-state index contributed by atoms with van der Waals surface area (Å²) >= 11 is 0. The van der Waals surface area contributed by atoms with Gasteiger partial charge in [0.05, 0.1) is 13.7 Å². The molecule has 0 spiro atoms. The van der Waals surface area contributed by atoms with E-state index in [0.29, 0.717) is 25.2 Å². The van der Waals surface area contributed by atoms with E-state index in [1.54, 1.807) is 31.4 Å². The first-order valence-corrected chi connectivity index (χ1v) is 12.2. The Hall–Kier alpha value is -2.04. The second kappa shape index (κ2) is 18.7. The van der Waals surface area contributed by atoms with E-state index in [-0.39, 0.29) is 11.9 Å². The van der Waals surface area contributed by atoms with E-state index in [2.05, 4.69) is 6.92 Å². The van der Waals surface area contributed by atoms with Gasteiger partial charge in [-0.3, -0.25) is 9.59 Å². The fourth-order valence-corrected chi connectivity index (χ4v) is 3.39. The highest BCUT2D eigenvalue weighted by molar-refractivity contribution is 5.72. The van der Waals surface area contributed by atoms with Crippen LogP contribution in [0.5, 0.6) is 11.5 Å². The zero-order valence-electron chi connectivity index (χ0n) is 19.7. The molecule has 5 nitrogen and oxygen atoms in total. The SMILES string of the molecule is CCCCCCCCCOC(=O)CCCCCCCCC(=O)Oc1ccc(OC)cc1. The van der Waals surface area contributed by atoms with Crippen molar-refractivity contribution in [3.8, 4) is 11.5 Å². The third-order valence-corrected chi connectivity index (χ3v) is 5.31. The van der Waals surface area contributed by atoms with Gasteiger partial charge in [-0.25, -0.2) is 0 Å². The van der Waals surface area contributed by atoms with Crippen LogP contribution in [0.25, 0.3) is 0 Å². The summed E-state index contributed by atoms with van der Waals surface area (Å²) in [4.78, 5) is 23.6. The molecule has 1 aromatic carbocycles. The zero-order chi connectivity index (χ0) is 22.6. The Bertz CT molecular complexity index is 582. The fourth-order valence-electron chi connectivity index (χ4n) is 3.39. The van der Waals surface area contributed by atoms with Gasteiger partial charge in [-0.1, -0.05) is 71.1 Å². The molecule has 176 valence electrons. The molecule has 0 radical (unpaired) electrons. The van der Waals surface area contributed by atoms with Crippen LogP contribution in [0, 0.1) is 0 Å². The van der Waals surface area contributed by atoms with Gasteiger partial charge in [-0.2, -0.15) is 0 Å². The Kier molecular flexibility index (Phi) is 16.3. The van der Waals surface area contributed by atoms with E-state index in [0.717, 1.165) is 57.1 Å². The minimum atomic E-state index is -0.200. The van der Waals surface area contributed by atoms with Crippen LogP contribution in [0.1, 0.15) is 103 Å². The Morgan fingerprint density at radius 3 is 1.71 bits per heavy atom. The first-order valence-electron chi connectivity index (χ1n) is 12.2. The predicted molar refractivity (Wildman–Crippen MR) is 125 cm³/mol. The number of hydrogen-bond acceptors (Lipinski definition) is 5. The number of carbonyl (C=O) groups excluding carboxylic acids is 2. The van der Waals surface area contributed by atoms with Crippen molar-refractivity contribution >= 4 is 11.9 Å². The van der Waals surface area contributed by atoms with Gasteiger partial charge in [0.2, 0.25) is 0 Å². The van der Waals surface area contributed by atoms with Crippen molar-refractivity contribution in [2.24, 2.45) is 0 Å². The number of carbonyl (C=O) groups is 2. The summed E-state index contributed by atoms with van der Waals surface area (Å²) in [5.41, 5.74) is 0. The van der Waals surface area contributed by atoms with E-state index in [9.17, 15) is 9.59 Å². The highest BCUT2D eigenvalue weighted by atomic mass is 16.5. The highest BCUT2D eigenvalue weighted by Crippen LogP contribution is 2.18. The van der Waals surface area contributed by atoms with Crippen molar-refractivity contribution in [2.75, 3.05) is 13.7 Å². The van der Waals surface area contributed by atoms with Gasteiger partial charge in [0.1, 0.15) is 11.5 Å². The first-order chi connectivity index (χ1) is 15.2. The monoisotopic (exact) mass is 434 g/mol. The third-order valence-electron chi connectivity index (χ3n) is 5.31. The lowest BCUT2D eigenvalue weighted by atomic mass is 10.1. The van der Waals surface area contributed by atoms with E-state index >= 15 is 0 Å². The molecule has 31 heavy (non-hydrogen) atoms. The fraction of sp³-hybridized carbons (Fsp3) is 0.692. The average Bonchev–Trinajstić information content (AvgIpc) is 2.78. The molecule has 0 heterocycles. The maximum Gasteiger partial charge on any atom is 0.311 e. The Morgan fingerprint density at radius 1 is 0.645 bits per heavy atom. The second-order valence-corrected chi connectivity index (χ2v) is 8.11. The van der Waals surface area contributed by atoms with Crippen LogP contribution in [-0.2, 0) is 14.3 Å². The molecule has 0 atom stereocenters. The Morgan fingerprint density at radius 2 is 1.13 bits per heavy atom. The minimum Gasteiger partial charge on any atom is -0.497 e. The molecule has 1 aromatic rings. The topological polar surface area (TPSA) is 61.8 Å². The molecule has 0 aromatic heterocycles. The Balaban J connectivity index is 1.88. The van der Waals surface area contributed by atoms with Crippen LogP contribution < -0.4 is 9.47 Å². The summed E-state index contributed by atoms with van der Waals surface area (Å²) < 4.78 is 15.7. The molecule has 0 aliphatic heterocycles. The summed E-state index contributed by atoms with van der Waals surface area (Å²) in [6, 6.07) is 7.01. The van der Waals surface area contributed by atoms with Crippen molar-refractivity contribution < 1.29 is 23.8 Å². The molecular formula is C26H42O5. The van der Waals surface area contributed by atoms with Gasteiger partial charge in [0.15, 0.2) is 0 Å². The average molecular weight is 435 g/mol. The Labute approximate surface area is 188 Å².